The molecule has 0 saturated heterocycles. The summed E-state index contributed by atoms with van der Waals surface area (Å²) in [6, 6.07) is 70.7. The first-order valence-electron chi connectivity index (χ1n) is 18.4. The highest BCUT2D eigenvalue weighted by atomic mass is 32.1. The van der Waals surface area contributed by atoms with Crippen LogP contribution in [0.3, 0.4) is 0 Å². The van der Waals surface area contributed by atoms with Gasteiger partial charge < -0.3 is 0 Å². The van der Waals surface area contributed by atoms with Crippen molar-refractivity contribution in [2.75, 3.05) is 0 Å². The van der Waals surface area contributed by atoms with Crippen molar-refractivity contribution >= 4 is 31.5 Å². The fourth-order valence-electron chi connectivity index (χ4n) is 7.32. The molecule has 258 valence electrons. The molecule has 3 nitrogen and oxygen atoms in total. The van der Waals surface area contributed by atoms with E-state index in [1.54, 1.807) is 11.3 Å². The second-order valence-corrected chi connectivity index (χ2v) is 14.8. The molecule has 0 spiro atoms. The van der Waals surface area contributed by atoms with Crippen LogP contribution in [-0.2, 0) is 0 Å². The maximum absolute atomic E-state index is 5.12. The molecule has 0 aliphatic carbocycles. The Morgan fingerprint density at radius 3 is 1.22 bits per heavy atom. The topological polar surface area (TPSA) is 38.7 Å². The van der Waals surface area contributed by atoms with E-state index in [0.717, 1.165) is 33.4 Å². The van der Waals surface area contributed by atoms with Gasteiger partial charge in [0.25, 0.3) is 0 Å². The van der Waals surface area contributed by atoms with Crippen molar-refractivity contribution in [1.82, 2.24) is 15.0 Å². The smallest absolute Gasteiger partial charge is 0.164 e. The lowest BCUT2D eigenvalue weighted by molar-refractivity contribution is 1.07. The van der Waals surface area contributed by atoms with E-state index < -0.39 is 0 Å². The first kappa shape index (κ1) is 32.6. The third-order valence-corrected chi connectivity index (χ3v) is 11.2. The molecule has 0 aliphatic heterocycles. The molecule has 10 aromatic rings. The normalized spacial score (nSPS) is 11.3. The van der Waals surface area contributed by atoms with Crippen molar-refractivity contribution < 1.29 is 0 Å². The molecule has 10 rings (SSSR count). The Kier molecular flexibility index (Phi) is 8.36. The van der Waals surface area contributed by atoms with Gasteiger partial charge in [0.15, 0.2) is 17.5 Å². The fourth-order valence-corrected chi connectivity index (χ4v) is 8.47. The van der Waals surface area contributed by atoms with Crippen LogP contribution in [0.2, 0.25) is 0 Å². The molecule has 8 aromatic carbocycles. The predicted octanol–water partition coefficient (Wildman–Crippen LogP) is 13.9. The molecule has 0 atom stereocenters. The van der Waals surface area contributed by atoms with E-state index in [0.29, 0.717) is 17.5 Å². The summed E-state index contributed by atoms with van der Waals surface area (Å²) in [5.74, 6) is 1.95. The van der Waals surface area contributed by atoms with Crippen molar-refractivity contribution in [1.29, 1.82) is 0 Å². The molecular formula is C51H33N3S. The van der Waals surface area contributed by atoms with Gasteiger partial charge in [0.1, 0.15) is 0 Å². The zero-order valence-corrected chi connectivity index (χ0v) is 30.6. The number of aromatic nitrogens is 3. The van der Waals surface area contributed by atoms with Crippen LogP contribution < -0.4 is 0 Å². The van der Waals surface area contributed by atoms with E-state index in [1.807, 2.05) is 18.2 Å². The Morgan fingerprint density at radius 1 is 0.236 bits per heavy atom. The van der Waals surface area contributed by atoms with Gasteiger partial charge in [-0.3, -0.25) is 0 Å². The highest BCUT2D eigenvalue weighted by molar-refractivity contribution is 7.25. The SMILES string of the molecule is c1ccc(-c2cc(-c3ccccc3)cc(-c3cccc(-c4cccc(-c5nc(-c6ccccc6)nc(-c6ccc7c(c6)sc6ccccc67)n5)c4)c3)c2)cc1. The average Bonchev–Trinajstić information content (AvgIpc) is 3.65. The van der Waals surface area contributed by atoms with Crippen molar-refractivity contribution in [3.63, 3.8) is 0 Å². The monoisotopic (exact) mass is 719 g/mol. The average molecular weight is 720 g/mol. The molecule has 0 saturated carbocycles. The lowest BCUT2D eigenvalue weighted by Gasteiger charge is -2.13. The Bertz CT molecular complexity index is 2910. The minimum absolute atomic E-state index is 0.640. The highest BCUT2D eigenvalue weighted by Gasteiger charge is 2.15. The molecule has 2 aromatic heterocycles. The summed E-state index contributed by atoms with van der Waals surface area (Å²) in [6.45, 7) is 0. The number of nitrogens with zero attached hydrogens (tertiary/aromatic N) is 3. The quantitative estimate of drug-likeness (QED) is 0.165. The third kappa shape index (κ3) is 6.50. The van der Waals surface area contributed by atoms with Crippen LogP contribution in [0.5, 0.6) is 0 Å². The van der Waals surface area contributed by atoms with E-state index in [1.165, 1.54) is 48.0 Å². The zero-order valence-electron chi connectivity index (χ0n) is 29.8. The number of hydrogen-bond acceptors (Lipinski definition) is 4. The molecule has 0 unspecified atom stereocenters. The van der Waals surface area contributed by atoms with Gasteiger partial charge in [0.2, 0.25) is 0 Å². The van der Waals surface area contributed by atoms with Crippen molar-refractivity contribution in [2.45, 2.75) is 0 Å². The number of rotatable bonds is 7. The van der Waals surface area contributed by atoms with Crippen LogP contribution in [0.4, 0.5) is 0 Å². The second-order valence-electron chi connectivity index (χ2n) is 13.7. The summed E-state index contributed by atoms with van der Waals surface area (Å²) in [5, 5.41) is 2.52. The fraction of sp³-hybridized carbons (Fsp3) is 0. The maximum atomic E-state index is 5.12. The second kappa shape index (κ2) is 14.1. The molecular weight excluding hydrogens is 687 g/mol. The van der Waals surface area contributed by atoms with Gasteiger partial charge in [-0.15, -0.1) is 11.3 Å². The molecule has 0 amide bonds. The summed E-state index contributed by atoms with van der Waals surface area (Å²) in [7, 11) is 0. The predicted molar refractivity (Wildman–Crippen MR) is 231 cm³/mol. The largest absolute Gasteiger partial charge is 0.208 e. The molecule has 0 bridgehead atoms. The van der Waals surface area contributed by atoms with Gasteiger partial charge in [-0.1, -0.05) is 158 Å². The molecule has 0 N–H and O–H groups in total. The molecule has 0 radical (unpaired) electrons. The van der Waals surface area contributed by atoms with Gasteiger partial charge in [-0.05, 0) is 87.0 Å². The summed E-state index contributed by atoms with van der Waals surface area (Å²) in [5.41, 5.74) is 12.2. The van der Waals surface area contributed by atoms with Crippen molar-refractivity contribution in [3.05, 3.63) is 200 Å². The van der Waals surface area contributed by atoms with Gasteiger partial charge >= 0.3 is 0 Å². The van der Waals surface area contributed by atoms with Crippen LogP contribution >= 0.6 is 11.3 Å². The van der Waals surface area contributed by atoms with Gasteiger partial charge in [0.05, 0.1) is 0 Å². The lowest BCUT2D eigenvalue weighted by Crippen LogP contribution is -2.00. The van der Waals surface area contributed by atoms with E-state index in [2.05, 4.69) is 182 Å². The van der Waals surface area contributed by atoms with Crippen LogP contribution in [0.15, 0.2) is 200 Å². The molecule has 55 heavy (non-hydrogen) atoms. The minimum atomic E-state index is 0.640. The molecule has 2 heterocycles. The Hall–Kier alpha value is -7.01. The summed E-state index contributed by atoms with van der Waals surface area (Å²) >= 11 is 1.80. The number of hydrogen-bond donors (Lipinski definition) is 0. The molecule has 4 heteroatoms. The Balaban J connectivity index is 1.06. The third-order valence-electron chi connectivity index (χ3n) is 10.1. The summed E-state index contributed by atoms with van der Waals surface area (Å²) in [6.07, 6.45) is 0. The van der Waals surface area contributed by atoms with E-state index >= 15 is 0 Å². The first-order valence-corrected chi connectivity index (χ1v) is 19.2. The van der Waals surface area contributed by atoms with E-state index in [9.17, 15) is 0 Å². The van der Waals surface area contributed by atoms with Crippen LogP contribution in [0.25, 0.3) is 98.8 Å². The van der Waals surface area contributed by atoms with E-state index in [-0.39, 0.29) is 0 Å². The number of fused-ring (bicyclic) bond motifs is 3. The molecule has 0 fully saturated rings. The van der Waals surface area contributed by atoms with Crippen LogP contribution in [0.1, 0.15) is 0 Å². The number of benzene rings is 8. The standard InChI is InChI=1S/C51H33N3S/c1-4-14-34(15-5-1)42-30-43(35-16-6-2-7-17-35)32-44(31-42)39-22-12-20-37(28-39)38-21-13-23-40(29-38)50-52-49(36-18-8-3-9-19-36)53-51(54-50)41-26-27-46-45-24-10-11-25-47(45)55-48(46)33-41/h1-33H. The Labute approximate surface area is 323 Å². The minimum Gasteiger partial charge on any atom is -0.208 e. The van der Waals surface area contributed by atoms with E-state index in [4.69, 9.17) is 15.0 Å². The van der Waals surface area contributed by atoms with Gasteiger partial charge in [-0.25, -0.2) is 15.0 Å². The Morgan fingerprint density at radius 2 is 0.618 bits per heavy atom. The van der Waals surface area contributed by atoms with Crippen molar-refractivity contribution in [3.8, 4) is 78.7 Å². The zero-order chi connectivity index (χ0) is 36.6. The highest BCUT2D eigenvalue weighted by Crippen LogP contribution is 2.38. The lowest BCUT2D eigenvalue weighted by atomic mass is 9.92. The van der Waals surface area contributed by atoms with Crippen LogP contribution in [0, 0.1) is 0 Å². The van der Waals surface area contributed by atoms with Gasteiger partial charge in [-0.2, -0.15) is 0 Å². The summed E-state index contributed by atoms with van der Waals surface area (Å²) < 4.78 is 2.49. The summed E-state index contributed by atoms with van der Waals surface area (Å²) in [4.78, 5) is 15.2. The number of thiophene rings is 1. The molecule has 0 aliphatic rings. The maximum Gasteiger partial charge on any atom is 0.164 e. The first-order chi connectivity index (χ1) is 27.2. The van der Waals surface area contributed by atoms with Crippen LogP contribution in [-0.4, -0.2) is 15.0 Å². The van der Waals surface area contributed by atoms with Crippen molar-refractivity contribution in [2.24, 2.45) is 0 Å². The van der Waals surface area contributed by atoms with Gasteiger partial charge in [0, 0.05) is 36.9 Å².